The largest absolute Gasteiger partial charge is 0.465 e. The van der Waals surface area contributed by atoms with Crippen molar-refractivity contribution >= 4 is 46.3 Å². The number of methoxy groups -OCH3 is 1. The summed E-state index contributed by atoms with van der Waals surface area (Å²) >= 11 is 1.29. The first-order valence-corrected chi connectivity index (χ1v) is 12.4. The van der Waals surface area contributed by atoms with Gasteiger partial charge in [0.2, 0.25) is 0 Å². The van der Waals surface area contributed by atoms with Gasteiger partial charge < -0.3 is 14.8 Å². The van der Waals surface area contributed by atoms with Crippen molar-refractivity contribution in [3.05, 3.63) is 81.2 Å². The molecule has 2 amide bonds. The lowest BCUT2D eigenvalue weighted by Gasteiger charge is -2.11. The number of nitrogens with one attached hydrogen (secondary N) is 2. The molecule has 0 saturated carbocycles. The molecular weight excluding hydrogens is 494 g/mol. The number of nitrogens with zero attached hydrogens (tertiary/aromatic N) is 1. The van der Waals surface area contributed by atoms with E-state index in [0.29, 0.717) is 27.4 Å². The Morgan fingerprint density at radius 3 is 2.41 bits per heavy atom. The summed E-state index contributed by atoms with van der Waals surface area (Å²) in [6.45, 7) is 1.83. The number of amides is 2. The molecule has 4 rings (SSSR count). The molecule has 0 unspecified atom stereocenters. The molecule has 3 aromatic rings. The van der Waals surface area contributed by atoms with Crippen LogP contribution < -0.4 is 15.5 Å². The van der Waals surface area contributed by atoms with Crippen LogP contribution in [0.4, 0.5) is 5.00 Å². The molecule has 190 valence electrons. The van der Waals surface area contributed by atoms with E-state index in [9.17, 15) is 19.2 Å². The number of esters is 2. The topological polar surface area (TPSA) is 123 Å². The fraction of sp³-hybridized carbons (Fsp3) is 0.222. The van der Waals surface area contributed by atoms with E-state index in [-0.39, 0.29) is 0 Å². The van der Waals surface area contributed by atoms with E-state index in [1.165, 1.54) is 24.7 Å². The normalized spacial score (nSPS) is 12.5. The summed E-state index contributed by atoms with van der Waals surface area (Å²) < 4.78 is 10.3. The first-order chi connectivity index (χ1) is 17.9. The highest BCUT2D eigenvalue weighted by Crippen LogP contribution is 2.38. The fourth-order valence-electron chi connectivity index (χ4n) is 3.93. The number of hydrogen-bond donors (Lipinski definition) is 2. The maximum atomic E-state index is 12.4. The molecule has 0 bridgehead atoms. The monoisotopic (exact) mass is 519 g/mol. The van der Waals surface area contributed by atoms with Gasteiger partial charge in [0.1, 0.15) is 10.8 Å². The van der Waals surface area contributed by atoms with Crippen LogP contribution in [0.1, 0.15) is 55.1 Å². The maximum Gasteiger partial charge on any atom is 0.343 e. The van der Waals surface area contributed by atoms with Gasteiger partial charge >= 0.3 is 23.8 Å². The van der Waals surface area contributed by atoms with Gasteiger partial charge in [0.15, 0.2) is 0 Å². The zero-order valence-electron chi connectivity index (χ0n) is 20.3. The average Bonchev–Trinajstić information content (AvgIpc) is 3.27. The standard InChI is InChI=1S/C27H25N3O6S/c1-16-7-3-4-8-19(16)26(33)36-18-13-11-17(12-14-18)15-28-30-24(32)23(31)29-25-22(27(34)35-2)20-9-5-6-10-21(20)37-25/h3-4,7-8,11-15H,5-6,9-10H2,1-2H3,(H,29,31)(H,30,32). The van der Waals surface area contributed by atoms with Crippen LogP contribution in [0.3, 0.4) is 0 Å². The highest BCUT2D eigenvalue weighted by molar-refractivity contribution is 7.17. The van der Waals surface area contributed by atoms with Crippen LogP contribution in [0.2, 0.25) is 0 Å². The summed E-state index contributed by atoms with van der Waals surface area (Å²) in [4.78, 5) is 50.3. The van der Waals surface area contributed by atoms with Crippen molar-refractivity contribution in [2.24, 2.45) is 5.10 Å². The predicted octanol–water partition coefficient (Wildman–Crippen LogP) is 4.03. The van der Waals surface area contributed by atoms with E-state index in [2.05, 4.69) is 15.8 Å². The van der Waals surface area contributed by atoms with E-state index in [0.717, 1.165) is 41.7 Å². The minimum absolute atomic E-state index is 0.304. The summed E-state index contributed by atoms with van der Waals surface area (Å²) in [5, 5.41) is 6.63. The van der Waals surface area contributed by atoms with Crippen molar-refractivity contribution < 1.29 is 28.7 Å². The number of anilines is 1. The molecule has 37 heavy (non-hydrogen) atoms. The van der Waals surface area contributed by atoms with Crippen LogP contribution in [0, 0.1) is 6.92 Å². The van der Waals surface area contributed by atoms with Gasteiger partial charge in [-0.1, -0.05) is 18.2 Å². The van der Waals surface area contributed by atoms with Crippen LogP contribution in [-0.4, -0.2) is 37.1 Å². The van der Waals surface area contributed by atoms with Crippen LogP contribution in [0.5, 0.6) is 5.75 Å². The quantitative estimate of drug-likeness (QED) is 0.167. The Kier molecular flexibility index (Phi) is 8.09. The van der Waals surface area contributed by atoms with E-state index in [1.54, 1.807) is 36.4 Å². The molecule has 10 heteroatoms. The predicted molar refractivity (Wildman–Crippen MR) is 139 cm³/mol. The first kappa shape index (κ1) is 25.8. The number of hydrogen-bond acceptors (Lipinski definition) is 8. The third kappa shape index (κ3) is 6.10. The number of ether oxygens (including phenoxy) is 2. The minimum atomic E-state index is -0.984. The molecule has 0 fully saturated rings. The zero-order chi connectivity index (χ0) is 26.4. The van der Waals surface area contributed by atoms with Gasteiger partial charge in [-0.3, -0.25) is 9.59 Å². The van der Waals surface area contributed by atoms with Gasteiger partial charge in [-0.05, 0) is 79.6 Å². The molecule has 9 nitrogen and oxygen atoms in total. The van der Waals surface area contributed by atoms with E-state index in [4.69, 9.17) is 9.47 Å². The Balaban J connectivity index is 1.34. The first-order valence-electron chi connectivity index (χ1n) is 11.6. The summed E-state index contributed by atoms with van der Waals surface area (Å²) in [6.07, 6.45) is 4.86. The van der Waals surface area contributed by atoms with Gasteiger partial charge in [0, 0.05) is 4.88 Å². The van der Waals surface area contributed by atoms with Crippen molar-refractivity contribution in [3.63, 3.8) is 0 Å². The molecule has 2 aromatic carbocycles. The average molecular weight is 520 g/mol. The number of thiophene rings is 1. The van der Waals surface area contributed by atoms with Crippen LogP contribution in [0.25, 0.3) is 0 Å². The number of aryl methyl sites for hydroxylation is 2. The molecule has 2 N–H and O–H groups in total. The highest BCUT2D eigenvalue weighted by Gasteiger charge is 2.28. The van der Waals surface area contributed by atoms with Gasteiger partial charge in [-0.25, -0.2) is 15.0 Å². The Bertz CT molecular complexity index is 1380. The number of hydrazone groups is 1. The number of carbonyl (C=O) groups is 4. The Hall–Kier alpha value is -4.31. The lowest BCUT2D eigenvalue weighted by Crippen LogP contribution is -2.32. The van der Waals surface area contributed by atoms with Crippen molar-refractivity contribution in [2.75, 3.05) is 12.4 Å². The molecule has 1 aliphatic rings. The molecule has 0 radical (unpaired) electrons. The second kappa shape index (κ2) is 11.6. The summed E-state index contributed by atoms with van der Waals surface area (Å²) in [7, 11) is 1.28. The summed E-state index contributed by atoms with van der Waals surface area (Å²) in [5.41, 5.74) is 5.27. The van der Waals surface area contributed by atoms with Crippen molar-refractivity contribution in [3.8, 4) is 5.75 Å². The molecule has 1 aliphatic carbocycles. The summed E-state index contributed by atoms with van der Waals surface area (Å²) in [5.74, 6) is -2.57. The third-order valence-corrected chi connectivity index (χ3v) is 7.04. The molecule has 0 aliphatic heterocycles. The number of rotatable bonds is 6. The highest BCUT2D eigenvalue weighted by atomic mass is 32.1. The molecular formula is C27H25N3O6S. The smallest absolute Gasteiger partial charge is 0.343 e. The van der Waals surface area contributed by atoms with Crippen molar-refractivity contribution in [2.45, 2.75) is 32.6 Å². The maximum absolute atomic E-state index is 12.4. The fourth-order valence-corrected chi connectivity index (χ4v) is 5.21. The van der Waals surface area contributed by atoms with Gasteiger partial charge in [0.25, 0.3) is 0 Å². The number of carbonyl (C=O) groups excluding carboxylic acids is 4. The second-order valence-electron chi connectivity index (χ2n) is 8.33. The molecule has 0 atom stereocenters. The third-order valence-electron chi connectivity index (χ3n) is 5.83. The molecule has 0 saturated heterocycles. The number of fused-ring (bicyclic) bond motifs is 1. The number of benzene rings is 2. The van der Waals surface area contributed by atoms with Crippen LogP contribution >= 0.6 is 11.3 Å². The Morgan fingerprint density at radius 1 is 0.946 bits per heavy atom. The molecule has 1 aromatic heterocycles. The Labute approximate surface area is 217 Å². The van der Waals surface area contributed by atoms with E-state index >= 15 is 0 Å². The lowest BCUT2D eigenvalue weighted by atomic mass is 9.95. The van der Waals surface area contributed by atoms with E-state index in [1.807, 2.05) is 19.1 Å². The van der Waals surface area contributed by atoms with Crippen LogP contribution in [0.15, 0.2) is 53.6 Å². The minimum Gasteiger partial charge on any atom is -0.465 e. The molecule has 1 heterocycles. The van der Waals surface area contributed by atoms with Gasteiger partial charge in [-0.15, -0.1) is 11.3 Å². The van der Waals surface area contributed by atoms with Gasteiger partial charge in [0.05, 0.1) is 24.5 Å². The van der Waals surface area contributed by atoms with Crippen molar-refractivity contribution in [1.29, 1.82) is 0 Å². The second-order valence-corrected chi connectivity index (χ2v) is 9.44. The molecule has 0 spiro atoms. The summed E-state index contributed by atoms with van der Waals surface area (Å²) in [6, 6.07) is 13.6. The SMILES string of the molecule is COC(=O)c1c(NC(=O)C(=O)NN=Cc2ccc(OC(=O)c3ccccc3C)cc2)sc2c1CCCC2. The van der Waals surface area contributed by atoms with Gasteiger partial charge in [-0.2, -0.15) is 5.10 Å². The van der Waals surface area contributed by atoms with Crippen LogP contribution in [-0.2, 0) is 27.2 Å². The lowest BCUT2D eigenvalue weighted by molar-refractivity contribution is -0.136. The van der Waals surface area contributed by atoms with Crippen molar-refractivity contribution in [1.82, 2.24) is 5.43 Å². The zero-order valence-corrected chi connectivity index (χ0v) is 21.1. The van der Waals surface area contributed by atoms with E-state index < -0.39 is 23.8 Å². The Morgan fingerprint density at radius 2 is 1.68 bits per heavy atom.